The van der Waals surface area contributed by atoms with Gasteiger partial charge in [0.25, 0.3) is 11.9 Å². The summed E-state index contributed by atoms with van der Waals surface area (Å²) in [4.78, 5) is 26.4. The van der Waals surface area contributed by atoms with Crippen LogP contribution in [0, 0.1) is 6.92 Å². The van der Waals surface area contributed by atoms with Gasteiger partial charge in [-0.2, -0.15) is 5.10 Å². The number of amides is 1. The maximum Gasteiger partial charge on any atom is 0.255 e. The quantitative estimate of drug-likeness (QED) is 0.389. The number of hydrogen-bond acceptors (Lipinski definition) is 6. The SMILES string of the molecule is Cc1cnc(-n2ncc(C(=O)N[C@H]3CCCN(Cc4ccccc4)C3)c2C2CC2)nc1-c1cccs1. The fraction of sp³-hybridized carbons (Fsp3) is 0.357. The van der Waals surface area contributed by atoms with E-state index in [1.54, 1.807) is 22.2 Å². The lowest BCUT2D eigenvalue weighted by molar-refractivity contribution is 0.0899. The van der Waals surface area contributed by atoms with E-state index in [1.165, 1.54) is 5.56 Å². The van der Waals surface area contributed by atoms with Gasteiger partial charge in [-0.05, 0) is 61.7 Å². The molecule has 36 heavy (non-hydrogen) atoms. The third-order valence-corrected chi connectivity index (χ3v) is 7.88. The number of likely N-dealkylation sites (tertiary alicyclic amines) is 1. The zero-order chi connectivity index (χ0) is 24.5. The van der Waals surface area contributed by atoms with Crippen LogP contribution in [-0.2, 0) is 6.54 Å². The molecule has 8 heteroatoms. The van der Waals surface area contributed by atoms with Crippen LogP contribution in [0.1, 0.15) is 58.8 Å². The number of aromatic nitrogens is 4. The number of thiophene rings is 1. The van der Waals surface area contributed by atoms with Crippen molar-refractivity contribution in [2.45, 2.75) is 51.1 Å². The van der Waals surface area contributed by atoms with Crippen molar-refractivity contribution in [2.24, 2.45) is 0 Å². The second kappa shape index (κ2) is 9.95. The van der Waals surface area contributed by atoms with E-state index in [-0.39, 0.29) is 11.9 Å². The Morgan fingerprint density at radius 3 is 2.75 bits per heavy atom. The lowest BCUT2D eigenvalue weighted by Crippen LogP contribution is -2.47. The Bertz CT molecular complexity index is 1350. The first kappa shape index (κ1) is 23.1. The Kier molecular flexibility index (Phi) is 6.37. The third kappa shape index (κ3) is 4.83. The van der Waals surface area contributed by atoms with Gasteiger partial charge in [-0.1, -0.05) is 36.4 Å². The molecule has 184 valence electrons. The van der Waals surface area contributed by atoms with E-state index in [0.717, 1.165) is 67.1 Å². The Hall–Kier alpha value is -3.36. The van der Waals surface area contributed by atoms with E-state index in [0.29, 0.717) is 17.4 Å². The summed E-state index contributed by atoms with van der Waals surface area (Å²) in [5.41, 5.74) is 4.84. The third-order valence-electron chi connectivity index (χ3n) is 7.01. The highest BCUT2D eigenvalue weighted by Crippen LogP contribution is 2.42. The molecule has 1 aromatic carbocycles. The van der Waals surface area contributed by atoms with Crippen molar-refractivity contribution < 1.29 is 4.79 Å². The van der Waals surface area contributed by atoms with Crippen molar-refractivity contribution in [2.75, 3.05) is 13.1 Å². The van der Waals surface area contributed by atoms with E-state index < -0.39 is 0 Å². The molecule has 4 heterocycles. The van der Waals surface area contributed by atoms with Crippen LogP contribution in [0.25, 0.3) is 16.5 Å². The highest BCUT2D eigenvalue weighted by molar-refractivity contribution is 7.13. The van der Waals surface area contributed by atoms with Crippen LogP contribution in [0.3, 0.4) is 0 Å². The van der Waals surface area contributed by atoms with Crippen molar-refractivity contribution in [1.82, 2.24) is 30.0 Å². The number of hydrogen-bond donors (Lipinski definition) is 1. The number of carbonyl (C=O) groups is 1. The molecule has 0 unspecified atom stereocenters. The van der Waals surface area contributed by atoms with E-state index in [2.05, 4.69) is 56.0 Å². The van der Waals surface area contributed by atoms with Gasteiger partial charge in [0.15, 0.2) is 0 Å². The predicted molar refractivity (Wildman–Crippen MR) is 141 cm³/mol. The van der Waals surface area contributed by atoms with Crippen LogP contribution in [0.15, 0.2) is 60.2 Å². The number of rotatable bonds is 7. The summed E-state index contributed by atoms with van der Waals surface area (Å²) in [6, 6.07) is 14.8. The van der Waals surface area contributed by atoms with Gasteiger partial charge in [0.1, 0.15) is 0 Å². The standard InChI is InChI=1S/C28H30N6OS/c1-19-15-29-28(32-25(19)24-10-6-14-36-24)34-26(21-11-12-21)23(16-30-34)27(35)31-22-9-5-13-33(18-22)17-20-7-3-2-4-8-20/h2-4,6-8,10,14-16,21-22H,5,9,11-13,17-18H2,1H3,(H,31,35)/t22-/m0/s1. The summed E-state index contributed by atoms with van der Waals surface area (Å²) in [6.45, 7) is 4.85. The number of benzene rings is 1. The van der Waals surface area contributed by atoms with Crippen LogP contribution in [0.4, 0.5) is 0 Å². The molecular weight excluding hydrogens is 468 g/mol. The summed E-state index contributed by atoms with van der Waals surface area (Å²) in [6.07, 6.45) is 7.73. The van der Waals surface area contributed by atoms with Gasteiger partial charge in [-0.3, -0.25) is 9.69 Å². The Balaban J connectivity index is 1.21. The van der Waals surface area contributed by atoms with Gasteiger partial charge in [0.05, 0.1) is 28.0 Å². The first-order chi connectivity index (χ1) is 17.7. The zero-order valence-electron chi connectivity index (χ0n) is 20.4. The number of piperidine rings is 1. The van der Waals surface area contributed by atoms with Crippen LogP contribution >= 0.6 is 11.3 Å². The Morgan fingerprint density at radius 1 is 1.11 bits per heavy atom. The van der Waals surface area contributed by atoms with Crippen LogP contribution in [0.2, 0.25) is 0 Å². The number of carbonyl (C=O) groups excluding carboxylic acids is 1. The molecule has 0 radical (unpaired) electrons. The fourth-order valence-electron chi connectivity index (χ4n) is 5.06. The lowest BCUT2D eigenvalue weighted by Gasteiger charge is -2.33. The highest BCUT2D eigenvalue weighted by atomic mass is 32.1. The second-order valence-electron chi connectivity index (χ2n) is 9.84. The molecule has 1 amide bonds. The van der Waals surface area contributed by atoms with Gasteiger partial charge in [-0.25, -0.2) is 14.6 Å². The van der Waals surface area contributed by atoms with Crippen LogP contribution in [-0.4, -0.2) is 49.7 Å². The van der Waals surface area contributed by atoms with Crippen LogP contribution in [0.5, 0.6) is 0 Å². The van der Waals surface area contributed by atoms with Crippen LogP contribution < -0.4 is 5.32 Å². The first-order valence-electron chi connectivity index (χ1n) is 12.7. The Morgan fingerprint density at radius 2 is 1.97 bits per heavy atom. The largest absolute Gasteiger partial charge is 0.348 e. The van der Waals surface area contributed by atoms with Gasteiger partial charge in [0.2, 0.25) is 0 Å². The predicted octanol–water partition coefficient (Wildman–Crippen LogP) is 4.97. The Labute approximate surface area is 215 Å². The smallest absolute Gasteiger partial charge is 0.255 e. The van der Waals surface area contributed by atoms with E-state index in [4.69, 9.17) is 4.98 Å². The first-order valence-corrected chi connectivity index (χ1v) is 13.6. The second-order valence-corrected chi connectivity index (χ2v) is 10.8. The molecule has 1 atom stereocenters. The molecule has 2 aliphatic rings. The molecule has 7 nitrogen and oxygen atoms in total. The summed E-state index contributed by atoms with van der Waals surface area (Å²) in [5.74, 6) is 0.807. The molecule has 0 spiro atoms. The zero-order valence-corrected chi connectivity index (χ0v) is 21.2. The molecule has 0 bridgehead atoms. The monoisotopic (exact) mass is 498 g/mol. The fourth-order valence-corrected chi connectivity index (χ4v) is 5.84. The van der Waals surface area contributed by atoms with Crippen molar-refractivity contribution in [3.05, 3.63) is 82.6 Å². The molecule has 1 aliphatic carbocycles. The molecule has 1 aliphatic heterocycles. The molecule has 4 aromatic rings. The lowest BCUT2D eigenvalue weighted by atomic mass is 10.0. The van der Waals surface area contributed by atoms with Gasteiger partial charge < -0.3 is 5.32 Å². The van der Waals surface area contributed by atoms with Crippen molar-refractivity contribution in [1.29, 1.82) is 0 Å². The summed E-state index contributed by atoms with van der Waals surface area (Å²) < 4.78 is 1.78. The van der Waals surface area contributed by atoms with E-state index >= 15 is 0 Å². The summed E-state index contributed by atoms with van der Waals surface area (Å²) >= 11 is 1.66. The molecular formula is C28H30N6OS. The number of aryl methyl sites for hydroxylation is 1. The maximum absolute atomic E-state index is 13.5. The van der Waals surface area contributed by atoms with Crippen molar-refractivity contribution >= 4 is 17.2 Å². The minimum absolute atomic E-state index is 0.0414. The van der Waals surface area contributed by atoms with Crippen molar-refractivity contribution in [3.63, 3.8) is 0 Å². The number of nitrogens with one attached hydrogen (secondary N) is 1. The molecule has 6 rings (SSSR count). The summed E-state index contributed by atoms with van der Waals surface area (Å²) in [7, 11) is 0. The summed E-state index contributed by atoms with van der Waals surface area (Å²) in [5, 5.41) is 9.97. The topological polar surface area (TPSA) is 75.9 Å². The maximum atomic E-state index is 13.5. The van der Waals surface area contributed by atoms with Gasteiger partial charge in [-0.15, -0.1) is 11.3 Å². The minimum atomic E-state index is -0.0414. The molecule has 1 saturated carbocycles. The normalized spacial score (nSPS) is 18.3. The van der Waals surface area contributed by atoms with Gasteiger partial charge in [0, 0.05) is 31.2 Å². The average Bonchev–Trinajstić information content (AvgIpc) is 3.39. The molecule has 2 fully saturated rings. The van der Waals surface area contributed by atoms with E-state index in [9.17, 15) is 4.79 Å². The highest BCUT2D eigenvalue weighted by Gasteiger charge is 2.34. The minimum Gasteiger partial charge on any atom is -0.348 e. The molecule has 1 saturated heterocycles. The molecule has 3 aromatic heterocycles. The van der Waals surface area contributed by atoms with E-state index in [1.807, 2.05) is 25.3 Å². The van der Waals surface area contributed by atoms with Gasteiger partial charge >= 0.3 is 0 Å². The number of nitrogens with zero attached hydrogens (tertiary/aromatic N) is 5. The van der Waals surface area contributed by atoms with Crippen molar-refractivity contribution in [3.8, 4) is 16.5 Å². The molecule has 1 N–H and O–H groups in total. The average molecular weight is 499 g/mol.